The number of benzene rings is 1. The van der Waals surface area contributed by atoms with Crippen LogP contribution in [0, 0.1) is 0 Å². The summed E-state index contributed by atoms with van der Waals surface area (Å²) in [6.07, 6.45) is 0.927. The van der Waals surface area contributed by atoms with E-state index in [1.807, 2.05) is 23.1 Å². The van der Waals surface area contributed by atoms with Gasteiger partial charge >= 0.3 is 0 Å². The van der Waals surface area contributed by atoms with E-state index in [2.05, 4.69) is 33.4 Å². The highest BCUT2D eigenvalue weighted by Crippen LogP contribution is 2.29. The van der Waals surface area contributed by atoms with Gasteiger partial charge in [0.15, 0.2) is 0 Å². The molecule has 26 heavy (non-hydrogen) atoms. The molecule has 2 unspecified atom stereocenters. The lowest BCUT2D eigenvalue weighted by Gasteiger charge is -2.21. The molecule has 0 saturated carbocycles. The van der Waals surface area contributed by atoms with Gasteiger partial charge in [0.25, 0.3) is 5.91 Å². The molecule has 138 valence electrons. The van der Waals surface area contributed by atoms with E-state index in [4.69, 9.17) is 4.74 Å². The molecule has 1 aliphatic heterocycles. The zero-order chi connectivity index (χ0) is 18.7. The number of hydrogen-bond acceptors (Lipinski definition) is 4. The van der Waals surface area contributed by atoms with E-state index >= 15 is 0 Å². The largest absolute Gasteiger partial charge is 0.497 e. The molecule has 1 N–H and O–H groups in total. The maximum atomic E-state index is 12.7. The predicted molar refractivity (Wildman–Crippen MR) is 106 cm³/mol. The highest BCUT2D eigenvalue weighted by atomic mass is 79.9. The summed E-state index contributed by atoms with van der Waals surface area (Å²) in [5.41, 5.74) is 1.21. The van der Waals surface area contributed by atoms with E-state index in [-0.39, 0.29) is 11.8 Å². The van der Waals surface area contributed by atoms with Crippen LogP contribution < -0.4 is 10.1 Å². The Labute approximate surface area is 165 Å². The molecule has 7 heteroatoms. The molecule has 2 atom stereocenters. The van der Waals surface area contributed by atoms with Crippen molar-refractivity contribution in [2.24, 2.45) is 0 Å². The summed E-state index contributed by atoms with van der Waals surface area (Å²) in [6.45, 7) is 3.12. The smallest absolute Gasteiger partial charge is 0.262 e. The Morgan fingerprint density at radius 1 is 1.27 bits per heavy atom. The maximum absolute atomic E-state index is 12.7. The number of carbonyl (C=O) groups is 2. The van der Waals surface area contributed by atoms with Crippen LogP contribution in [0.2, 0.25) is 0 Å². The van der Waals surface area contributed by atoms with Gasteiger partial charge in [0.1, 0.15) is 11.8 Å². The Balaban J connectivity index is 1.57. The third kappa shape index (κ3) is 4.27. The zero-order valence-corrected chi connectivity index (χ0v) is 17.1. The van der Waals surface area contributed by atoms with Crippen molar-refractivity contribution in [3.05, 3.63) is 50.6 Å². The summed E-state index contributed by atoms with van der Waals surface area (Å²) in [5, 5.41) is 2.80. The van der Waals surface area contributed by atoms with Crippen LogP contribution in [-0.2, 0) is 4.79 Å². The van der Waals surface area contributed by atoms with Crippen molar-refractivity contribution < 1.29 is 14.3 Å². The van der Waals surface area contributed by atoms with Crippen molar-refractivity contribution in [2.75, 3.05) is 20.2 Å². The van der Waals surface area contributed by atoms with Crippen LogP contribution in [0.1, 0.15) is 34.5 Å². The number of halogens is 1. The minimum Gasteiger partial charge on any atom is -0.497 e. The maximum Gasteiger partial charge on any atom is 0.262 e. The van der Waals surface area contributed by atoms with E-state index in [9.17, 15) is 9.59 Å². The Bertz CT molecular complexity index is 790. The van der Waals surface area contributed by atoms with Gasteiger partial charge in [0, 0.05) is 19.0 Å². The second kappa shape index (κ2) is 8.22. The first-order chi connectivity index (χ1) is 12.5. The lowest BCUT2D eigenvalue weighted by Crippen LogP contribution is -2.46. The summed E-state index contributed by atoms with van der Waals surface area (Å²) >= 11 is 4.69. The highest BCUT2D eigenvalue weighted by molar-refractivity contribution is 9.11. The minimum absolute atomic E-state index is 0.0371. The fourth-order valence-electron chi connectivity index (χ4n) is 3.15. The molecule has 3 rings (SSSR count). The third-order valence-electron chi connectivity index (χ3n) is 4.60. The van der Waals surface area contributed by atoms with Crippen molar-refractivity contribution in [1.29, 1.82) is 0 Å². The normalized spacial score (nSPS) is 17.8. The van der Waals surface area contributed by atoms with Gasteiger partial charge in [-0.15, -0.1) is 11.3 Å². The molecule has 2 aromatic rings. The number of hydrogen-bond donors (Lipinski definition) is 1. The lowest BCUT2D eigenvalue weighted by atomic mass is 9.98. The van der Waals surface area contributed by atoms with Crippen LogP contribution in [0.3, 0.4) is 0 Å². The van der Waals surface area contributed by atoms with Crippen molar-refractivity contribution in [2.45, 2.75) is 25.3 Å². The van der Waals surface area contributed by atoms with E-state index in [1.165, 1.54) is 16.9 Å². The SMILES string of the molecule is COc1ccc(C2CCN(C(=O)C(C)NC(=O)c3ccc(Br)s3)C2)cc1. The molecule has 5 nitrogen and oxygen atoms in total. The van der Waals surface area contributed by atoms with Gasteiger partial charge in [-0.2, -0.15) is 0 Å². The van der Waals surface area contributed by atoms with Gasteiger partial charge < -0.3 is 15.0 Å². The van der Waals surface area contributed by atoms with Crippen molar-refractivity contribution in [3.8, 4) is 5.75 Å². The molecule has 2 amide bonds. The second-order valence-corrected chi connectivity index (χ2v) is 8.80. The second-order valence-electron chi connectivity index (χ2n) is 6.34. The van der Waals surface area contributed by atoms with E-state index in [0.29, 0.717) is 23.9 Å². The van der Waals surface area contributed by atoms with Crippen molar-refractivity contribution >= 4 is 39.1 Å². The average molecular weight is 437 g/mol. The zero-order valence-electron chi connectivity index (χ0n) is 14.7. The van der Waals surface area contributed by atoms with E-state index < -0.39 is 6.04 Å². The molecule has 0 aliphatic carbocycles. The Morgan fingerprint density at radius 3 is 2.62 bits per heavy atom. The average Bonchev–Trinajstić information content (AvgIpc) is 3.30. The van der Waals surface area contributed by atoms with Gasteiger partial charge in [-0.25, -0.2) is 0 Å². The molecule has 1 aromatic heterocycles. The quantitative estimate of drug-likeness (QED) is 0.777. The summed E-state index contributed by atoms with van der Waals surface area (Å²) in [7, 11) is 1.65. The number of likely N-dealkylation sites (tertiary alicyclic amines) is 1. The molecular formula is C19H21BrN2O3S. The van der Waals surface area contributed by atoms with E-state index in [1.54, 1.807) is 20.1 Å². The number of nitrogens with one attached hydrogen (secondary N) is 1. The molecule has 1 aromatic carbocycles. The number of nitrogens with zero attached hydrogens (tertiary/aromatic N) is 1. The number of methoxy groups -OCH3 is 1. The summed E-state index contributed by atoms with van der Waals surface area (Å²) in [5.74, 6) is 0.898. The molecular weight excluding hydrogens is 416 g/mol. The monoisotopic (exact) mass is 436 g/mol. The number of thiophene rings is 1. The van der Waals surface area contributed by atoms with Crippen LogP contribution >= 0.6 is 27.3 Å². The van der Waals surface area contributed by atoms with Crippen molar-refractivity contribution in [1.82, 2.24) is 10.2 Å². The number of rotatable bonds is 5. The van der Waals surface area contributed by atoms with Crippen molar-refractivity contribution in [3.63, 3.8) is 0 Å². The predicted octanol–water partition coefficient (Wildman–Crippen LogP) is 3.65. The molecule has 1 aliphatic rings. The van der Waals surface area contributed by atoms with E-state index in [0.717, 1.165) is 16.0 Å². The fourth-order valence-corrected chi connectivity index (χ4v) is 4.44. The standard InChI is InChI=1S/C19H21BrN2O3S/c1-12(21-18(23)16-7-8-17(20)26-16)19(24)22-10-9-14(11-22)13-3-5-15(25-2)6-4-13/h3-8,12,14H,9-11H2,1-2H3,(H,21,23). The first-order valence-corrected chi connectivity index (χ1v) is 10.1. The molecule has 1 fully saturated rings. The minimum atomic E-state index is -0.544. The van der Waals surface area contributed by atoms with Crippen LogP contribution in [0.15, 0.2) is 40.2 Å². The Morgan fingerprint density at radius 2 is 2.00 bits per heavy atom. The van der Waals surface area contributed by atoms with Gasteiger partial charge in [-0.3, -0.25) is 9.59 Å². The molecule has 0 spiro atoms. The lowest BCUT2D eigenvalue weighted by molar-refractivity contribution is -0.131. The van der Waals surface area contributed by atoms with Crippen LogP contribution in [-0.4, -0.2) is 43.0 Å². The number of carbonyl (C=O) groups excluding carboxylic acids is 2. The van der Waals surface area contributed by atoms with Gasteiger partial charge in [-0.1, -0.05) is 12.1 Å². The van der Waals surface area contributed by atoms with Gasteiger partial charge in [0.05, 0.1) is 15.8 Å². The van der Waals surface area contributed by atoms with Crippen LogP contribution in [0.5, 0.6) is 5.75 Å². The molecule has 0 radical (unpaired) electrons. The summed E-state index contributed by atoms with van der Waals surface area (Å²) < 4.78 is 6.08. The first kappa shape index (κ1) is 18.9. The van der Waals surface area contributed by atoms with Gasteiger partial charge in [-0.05, 0) is 59.1 Å². The Hall–Kier alpha value is -1.86. The fraction of sp³-hybridized carbons (Fsp3) is 0.368. The molecule has 1 saturated heterocycles. The highest BCUT2D eigenvalue weighted by Gasteiger charge is 2.30. The number of ether oxygens (including phenoxy) is 1. The third-order valence-corrected chi connectivity index (χ3v) is 6.22. The summed E-state index contributed by atoms with van der Waals surface area (Å²) in [6, 6.07) is 11.0. The first-order valence-electron chi connectivity index (χ1n) is 8.47. The molecule has 2 heterocycles. The Kier molecular flexibility index (Phi) is 5.98. The number of amides is 2. The topological polar surface area (TPSA) is 58.6 Å². The van der Waals surface area contributed by atoms with Crippen LogP contribution in [0.25, 0.3) is 0 Å². The summed E-state index contributed by atoms with van der Waals surface area (Å²) in [4.78, 5) is 27.3. The molecule has 0 bridgehead atoms. The van der Waals surface area contributed by atoms with Gasteiger partial charge in [0.2, 0.25) is 5.91 Å². The van der Waals surface area contributed by atoms with Crippen LogP contribution in [0.4, 0.5) is 0 Å².